The first-order valence-corrected chi connectivity index (χ1v) is 16.2. The molecule has 0 aliphatic carbocycles. The summed E-state index contributed by atoms with van der Waals surface area (Å²) in [5.41, 5.74) is 5.24. The van der Waals surface area contributed by atoms with Gasteiger partial charge in [-0.25, -0.2) is 15.0 Å². The average Bonchev–Trinajstić information content (AvgIpc) is 3.45. The molecule has 8 nitrogen and oxygen atoms in total. The number of phenolic OH excluding ortho intramolecular Hbond substituents is 4. The number of phenols is 4. The van der Waals surface area contributed by atoms with Crippen LogP contribution in [0.2, 0.25) is 0 Å². The first kappa shape index (κ1) is 31.6. The first-order chi connectivity index (χ1) is 22.7. The average molecular weight is 629 g/mol. The Morgan fingerprint density at radius 2 is 1.23 bits per heavy atom. The van der Waals surface area contributed by atoms with E-state index in [1.807, 2.05) is 18.2 Å². The third-order valence-corrected chi connectivity index (χ3v) is 9.15. The molecule has 1 unspecified atom stereocenters. The van der Waals surface area contributed by atoms with Gasteiger partial charge in [-0.3, -0.25) is 0 Å². The van der Waals surface area contributed by atoms with E-state index in [1.165, 1.54) is 18.6 Å². The summed E-state index contributed by atoms with van der Waals surface area (Å²) in [5.74, 6) is 0.872. The van der Waals surface area contributed by atoms with Crippen LogP contribution in [0.25, 0.3) is 56.2 Å². The zero-order chi connectivity index (χ0) is 33.2. The van der Waals surface area contributed by atoms with Gasteiger partial charge in [-0.05, 0) is 73.7 Å². The molecule has 0 saturated carbocycles. The molecule has 8 heteroatoms. The quantitative estimate of drug-likeness (QED) is 0.119. The smallest absolute Gasteiger partial charge is 0.167 e. The lowest BCUT2D eigenvalue weighted by Gasteiger charge is -2.16. The van der Waals surface area contributed by atoms with Crippen molar-refractivity contribution in [1.29, 1.82) is 0 Å². The highest BCUT2D eigenvalue weighted by atomic mass is 16.3. The summed E-state index contributed by atoms with van der Waals surface area (Å²) in [4.78, 5) is 14.5. The second-order valence-electron chi connectivity index (χ2n) is 12.2. The highest BCUT2D eigenvalue weighted by Crippen LogP contribution is 2.40. The molecule has 47 heavy (non-hydrogen) atoms. The highest BCUT2D eigenvalue weighted by Gasteiger charge is 2.22. The number of hydrogen-bond acceptors (Lipinski definition) is 7. The van der Waals surface area contributed by atoms with Gasteiger partial charge in [0.25, 0.3) is 0 Å². The lowest BCUT2D eigenvalue weighted by molar-refractivity contribution is 0.396. The Kier molecular flexibility index (Phi) is 8.85. The van der Waals surface area contributed by atoms with Crippen molar-refractivity contribution in [3.8, 4) is 68.3 Å². The molecule has 0 aliphatic rings. The maximum absolute atomic E-state index is 11.1. The molecule has 0 spiro atoms. The second-order valence-corrected chi connectivity index (χ2v) is 12.2. The normalized spacial score (nSPS) is 12.1. The number of hydrogen-bond donors (Lipinski definition) is 4. The molecule has 0 aliphatic heterocycles. The van der Waals surface area contributed by atoms with Crippen LogP contribution < -0.4 is 0 Å². The van der Waals surface area contributed by atoms with Gasteiger partial charge in [0.05, 0.1) is 11.1 Å². The van der Waals surface area contributed by atoms with Crippen molar-refractivity contribution in [2.45, 2.75) is 59.9 Å². The number of benzene rings is 4. The molecule has 0 radical (unpaired) electrons. The summed E-state index contributed by atoms with van der Waals surface area (Å²) in [7, 11) is 0. The molecule has 0 bridgehead atoms. The van der Waals surface area contributed by atoms with Crippen LogP contribution in [0.3, 0.4) is 0 Å². The van der Waals surface area contributed by atoms with Crippen molar-refractivity contribution < 1.29 is 20.4 Å². The lowest BCUT2D eigenvalue weighted by atomic mass is 9.99. The maximum atomic E-state index is 11.1. The molecule has 6 rings (SSSR count). The number of aromatic nitrogens is 4. The van der Waals surface area contributed by atoms with Crippen LogP contribution in [-0.4, -0.2) is 39.9 Å². The molecule has 0 saturated heterocycles. The van der Waals surface area contributed by atoms with Gasteiger partial charge in [0.15, 0.2) is 17.5 Å². The minimum absolute atomic E-state index is 0.0439. The minimum atomic E-state index is -0.144. The fourth-order valence-electron chi connectivity index (χ4n) is 6.11. The predicted molar refractivity (Wildman–Crippen MR) is 187 cm³/mol. The third-order valence-electron chi connectivity index (χ3n) is 9.15. The van der Waals surface area contributed by atoms with E-state index in [1.54, 1.807) is 26.0 Å². The number of aromatic hydroxyl groups is 4. The number of fused-ring (bicyclic) bond motifs is 1. The summed E-state index contributed by atoms with van der Waals surface area (Å²) in [6.45, 7) is 8.54. The van der Waals surface area contributed by atoms with Crippen molar-refractivity contribution in [2.75, 3.05) is 0 Å². The summed E-state index contributed by atoms with van der Waals surface area (Å²) < 4.78 is 2.29. The molecule has 2 heterocycles. The Bertz CT molecular complexity index is 1990. The topological polar surface area (TPSA) is 125 Å². The van der Waals surface area contributed by atoms with Crippen molar-refractivity contribution in [3.05, 3.63) is 90.1 Å². The first-order valence-electron chi connectivity index (χ1n) is 16.2. The number of unbranched alkanes of at least 4 members (excludes halogenated alkanes) is 1. The Hall–Kier alpha value is -5.37. The van der Waals surface area contributed by atoms with Crippen molar-refractivity contribution in [2.24, 2.45) is 5.92 Å². The van der Waals surface area contributed by atoms with Gasteiger partial charge in [0.1, 0.15) is 23.0 Å². The van der Waals surface area contributed by atoms with Crippen LogP contribution in [0.4, 0.5) is 0 Å². The molecule has 0 fully saturated rings. The van der Waals surface area contributed by atoms with Crippen LogP contribution in [0, 0.1) is 19.8 Å². The van der Waals surface area contributed by atoms with Gasteiger partial charge in [0, 0.05) is 40.3 Å². The molecule has 1 atom stereocenters. The van der Waals surface area contributed by atoms with Gasteiger partial charge < -0.3 is 25.0 Å². The van der Waals surface area contributed by atoms with Crippen molar-refractivity contribution in [3.63, 3.8) is 0 Å². The van der Waals surface area contributed by atoms with E-state index >= 15 is 0 Å². The molecule has 4 N–H and O–H groups in total. The van der Waals surface area contributed by atoms with E-state index < -0.39 is 0 Å². The monoisotopic (exact) mass is 628 g/mol. The maximum Gasteiger partial charge on any atom is 0.167 e. The van der Waals surface area contributed by atoms with E-state index in [0.717, 1.165) is 53.4 Å². The Morgan fingerprint density at radius 3 is 1.79 bits per heavy atom. The van der Waals surface area contributed by atoms with E-state index in [4.69, 9.17) is 15.0 Å². The van der Waals surface area contributed by atoms with E-state index in [0.29, 0.717) is 34.0 Å². The van der Waals surface area contributed by atoms with Crippen molar-refractivity contribution in [1.82, 2.24) is 19.5 Å². The SMILES string of the molecule is CCCCC(CC)Cn1cc(-c2nc(-c3ccc(O)c(C)c3O)nc(-c3ccc(O)c(C)c3O)n2)c2cc(-c3ccccc3)ccc21. The minimum Gasteiger partial charge on any atom is -0.508 e. The van der Waals surface area contributed by atoms with Gasteiger partial charge in [0.2, 0.25) is 0 Å². The van der Waals surface area contributed by atoms with Gasteiger partial charge in [-0.2, -0.15) is 0 Å². The van der Waals surface area contributed by atoms with Gasteiger partial charge >= 0.3 is 0 Å². The molecular formula is C39H40N4O4. The summed E-state index contributed by atoms with van der Waals surface area (Å²) in [6.07, 6.45) is 6.63. The molecule has 4 aromatic carbocycles. The number of rotatable bonds is 10. The fraction of sp³-hybridized carbons (Fsp3) is 0.256. The molecule has 0 amide bonds. The van der Waals surface area contributed by atoms with E-state index in [9.17, 15) is 20.4 Å². The zero-order valence-electron chi connectivity index (χ0n) is 27.2. The standard InChI is InChI=1S/C39H40N4O4/c1-5-7-11-25(6-2)21-43-22-31(30-20-27(14-17-32(30)43)26-12-9-8-10-13-26)39-41-37(28-15-18-33(44)23(3)35(28)46)40-38(42-39)29-16-19-34(45)24(4)36(29)47/h8-10,12-20,22,25,44-47H,5-7,11,21H2,1-4H3. The summed E-state index contributed by atoms with van der Waals surface area (Å²) in [5, 5.41) is 43.6. The van der Waals surface area contributed by atoms with Gasteiger partial charge in [-0.1, -0.05) is 69.5 Å². The van der Waals surface area contributed by atoms with Crippen LogP contribution in [0.15, 0.2) is 79.0 Å². The Labute approximate surface area is 274 Å². The van der Waals surface area contributed by atoms with Gasteiger partial charge in [-0.15, -0.1) is 0 Å². The largest absolute Gasteiger partial charge is 0.508 e. The zero-order valence-corrected chi connectivity index (χ0v) is 27.2. The second kappa shape index (κ2) is 13.2. The third kappa shape index (κ3) is 6.11. The molecule has 240 valence electrons. The number of nitrogens with zero attached hydrogens (tertiary/aromatic N) is 4. The highest BCUT2D eigenvalue weighted by molar-refractivity contribution is 5.97. The molecular weight excluding hydrogens is 588 g/mol. The Morgan fingerprint density at radius 1 is 0.660 bits per heavy atom. The predicted octanol–water partition coefficient (Wildman–Crippen LogP) is 9.15. The molecule has 2 aromatic heterocycles. The lowest BCUT2D eigenvalue weighted by Crippen LogP contribution is -2.09. The van der Waals surface area contributed by atoms with Crippen LogP contribution in [-0.2, 0) is 6.54 Å². The van der Waals surface area contributed by atoms with Crippen LogP contribution in [0.5, 0.6) is 23.0 Å². The molecule has 6 aromatic rings. The van der Waals surface area contributed by atoms with E-state index in [-0.39, 0.29) is 34.6 Å². The summed E-state index contributed by atoms with van der Waals surface area (Å²) in [6, 6.07) is 22.8. The van der Waals surface area contributed by atoms with Crippen LogP contribution >= 0.6 is 0 Å². The van der Waals surface area contributed by atoms with Crippen molar-refractivity contribution >= 4 is 10.9 Å². The van der Waals surface area contributed by atoms with Crippen LogP contribution in [0.1, 0.15) is 50.7 Å². The summed E-state index contributed by atoms with van der Waals surface area (Å²) >= 11 is 0. The van der Waals surface area contributed by atoms with E-state index in [2.05, 4.69) is 54.9 Å². The Balaban J connectivity index is 1.62. The fourth-order valence-corrected chi connectivity index (χ4v) is 6.11.